The van der Waals surface area contributed by atoms with Crippen LogP contribution in [0.5, 0.6) is 23.0 Å². The van der Waals surface area contributed by atoms with E-state index in [1.165, 1.54) is 0 Å². The zero-order chi connectivity index (χ0) is 43.7. The van der Waals surface area contributed by atoms with Crippen LogP contribution in [0.1, 0.15) is 0 Å². The number of para-hydroxylation sites is 1. The maximum absolute atomic E-state index is 11.6. The summed E-state index contributed by atoms with van der Waals surface area (Å²) in [4.78, 5) is 10.5. The highest BCUT2D eigenvalue weighted by Gasteiger charge is 2.26. The van der Waals surface area contributed by atoms with Gasteiger partial charge in [0.15, 0.2) is 0 Å². The Kier molecular flexibility index (Phi) is 10.0. The van der Waals surface area contributed by atoms with Crippen molar-refractivity contribution in [2.75, 3.05) is 0 Å². The Labute approximate surface area is 376 Å². The van der Waals surface area contributed by atoms with Gasteiger partial charge in [-0.25, -0.2) is 9.97 Å². The summed E-state index contributed by atoms with van der Waals surface area (Å²) in [6.45, 7) is 0. The molecular weight excluding hydrogens is 801 g/mol. The van der Waals surface area contributed by atoms with E-state index < -0.39 is 0 Å². The SMILES string of the molecule is Oc1ccccc1-c1nc(-c2ccccc2)c(-c2ccccc2)n1-c1ccc(Oc2ccc(-n3c(-c4cc5ccccc5cc4O)nc(-c4ccccc4)c3-c3ccccc3)cc2)cc1. The Balaban J connectivity index is 0.995. The van der Waals surface area contributed by atoms with Crippen LogP contribution in [0.4, 0.5) is 0 Å². The first-order valence-electron chi connectivity index (χ1n) is 21.4. The molecule has 0 bridgehead atoms. The molecule has 0 fully saturated rings. The van der Waals surface area contributed by atoms with E-state index in [0.29, 0.717) is 34.3 Å². The molecule has 0 saturated heterocycles. The second-order valence-electron chi connectivity index (χ2n) is 15.7. The first-order chi connectivity index (χ1) is 32.1. The van der Waals surface area contributed by atoms with Crippen molar-refractivity contribution in [3.05, 3.63) is 231 Å². The van der Waals surface area contributed by atoms with Gasteiger partial charge < -0.3 is 14.9 Å². The fourth-order valence-corrected chi connectivity index (χ4v) is 8.56. The number of ether oxygens (including phenoxy) is 1. The van der Waals surface area contributed by atoms with Gasteiger partial charge in [0.05, 0.1) is 33.9 Å². The molecule has 310 valence electrons. The molecule has 0 amide bonds. The topological polar surface area (TPSA) is 85.3 Å². The van der Waals surface area contributed by atoms with Crippen molar-refractivity contribution in [3.63, 3.8) is 0 Å². The summed E-state index contributed by atoms with van der Waals surface area (Å²) in [5, 5.41) is 24.7. The van der Waals surface area contributed by atoms with Crippen molar-refractivity contribution >= 4 is 10.8 Å². The molecule has 2 heterocycles. The molecule has 11 rings (SSSR count). The highest BCUT2D eigenvalue weighted by atomic mass is 16.5. The molecule has 2 aromatic heterocycles. The van der Waals surface area contributed by atoms with E-state index >= 15 is 0 Å². The third-order valence-electron chi connectivity index (χ3n) is 11.6. The largest absolute Gasteiger partial charge is 0.507 e. The van der Waals surface area contributed by atoms with Crippen LogP contribution in [0.15, 0.2) is 231 Å². The van der Waals surface area contributed by atoms with Crippen LogP contribution < -0.4 is 4.74 Å². The minimum absolute atomic E-state index is 0.144. The molecule has 0 radical (unpaired) electrons. The summed E-state index contributed by atoms with van der Waals surface area (Å²) < 4.78 is 10.8. The minimum Gasteiger partial charge on any atom is -0.507 e. The highest BCUT2D eigenvalue weighted by molar-refractivity contribution is 5.92. The lowest BCUT2D eigenvalue weighted by atomic mass is 10.0. The van der Waals surface area contributed by atoms with Gasteiger partial charge in [0.2, 0.25) is 0 Å². The lowest BCUT2D eigenvalue weighted by Gasteiger charge is -2.16. The van der Waals surface area contributed by atoms with Gasteiger partial charge >= 0.3 is 0 Å². The average Bonchev–Trinajstić information content (AvgIpc) is 3.96. The van der Waals surface area contributed by atoms with Crippen molar-refractivity contribution < 1.29 is 14.9 Å². The predicted molar refractivity (Wildman–Crippen MR) is 261 cm³/mol. The lowest BCUT2D eigenvalue weighted by molar-refractivity contribution is 0.476. The van der Waals surface area contributed by atoms with Gasteiger partial charge in [-0.3, -0.25) is 9.13 Å². The van der Waals surface area contributed by atoms with Crippen molar-refractivity contribution in [2.24, 2.45) is 0 Å². The molecule has 0 aliphatic heterocycles. The minimum atomic E-state index is 0.144. The normalized spacial score (nSPS) is 11.2. The maximum Gasteiger partial charge on any atom is 0.149 e. The van der Waals surface area contributed by atoms with Crippen molar-refractivity contribution in [3.8, 4) is 102 Å². The number of aromatic nitrogens is 4. The van der Waals surface area contributed by atoms with E-state index in [0.717, 1.165) is 67.2 Å². The molecule has 0 atom stereocenters. The molecule has 0 aliphatic carbocycles. The van der Waals surface area contributed by atoms with E-state index in [4.69, 9.17) is 14.7 Å². The van der Waals surface area contributed by atoms with Crippen LogP contribution in [-0.4, -0.2) is 29.3 Å². The van der Waals surface area contributed by atoms with E-state index in [1.54, 1.807) is 12.1 Å². The fraction of sp³-hybridized carbons (Fsp3) is 0. The van der Waals surface area contributed by atoms with E-state index in [1.807, 2.05) is 170 Å². The van der Waals surface area contributed by atoms with Crippen LogP contribution >= 0.6 is 0 Å². The summed E-state index contributed by atoms with van der Waals surface area (Å²) in [5.41, 5.74) is 10.3. The Morgan fingerprint density at radius 2 is 0.723 bits per heavy atom. The predicted octanol–water partition coefficient (Wildman–Crippen LogP) is 14.4. The third kappa shape index (κ3) is 7.37. The molecule has 0 saturated carbocycles. The molecule has 0 spiro atoms. The van der Waals surface area contributed by atoms with Gasteiger partial charge in [-0.1, -0.05) is 158 Å². The van der Waals surface area contributed by atoms with Gasteiger partial charge in [0.1, 0.15) is 34.6 Å². The highest BCUT2D eigenvalue weighted by Crippen LogP contribution is 2.44. The zero-order valence-corrected chi connectivity index (χ0v) is 35.0. The summed E-state index contributed by atoms with van der Waals surface area (Å²) in [6.07, 6.45) is 0. The number of nitrogens with zero attached hydrogens (tertiary/aromatic N) is 4. The lowest BCUT2D eigenvalue weighted by Crippen LogP contribution is -2.01. The number of rotatable bonds is 10. The number of hydrogen-bond donors (Lipinski definition) is 2. The molecule has 9 aromatic carbocycles. The monoisotopic (exact) mass is 840 g/mol. The summed E-state index contributed by atoms with van der Waals surface area (Å²) >= 11 is 0. The standard InChI is InChI=1S/C58H40N4O3/c63-51-28-16-15-27-49(51)57-59-53(39-17-5-1-6-18-39)55(41-21-9-3-10-22-41)61(57)45-29-33-47(34-30-45)65-48-35-31-46(32-36-48)62-56(42-23-11-4-12-24-42)54(40-19-7-2-8-20-40)60-58(62)50-37-43-25-13-14-26-44(43)38-52(50)64/h1-38,63-64H. The zero-order valence-electron chi connectivity index (χ0n) is 35.0. The molecule has 65 heavy (non-hydrogen) atoms. The quantitative estimate of drug-likeness (QED) is 0.143. The fourth-order valence-electron chi connectivity index (χ4n) is 8.56. The number of aromatic hydroxyl groups is 2. The van der Waals surface area contributed by atoms with Crippen molar-refractivity contribution in [1.82, 2.24) is 19.1 Å². The molecule has 7 heteroatoms. The summed E-state index contributed by atoms with van der Waals surface area (Å²) in [6, 6.07) is 75.8. The molecular formula is C58H40N4O3. The number of phenolic OH excluding ortho intramolecular Hbond substituents is 2. The number of fused-ring (bicyclic) bond motifs is 1. The van der Waals surface area contributed by atoms with Crippen LogP contribution in [0.2, 0.25) is 0 Å². The van der Waals surface area contributed by atoms with Gasteiger partial charge in [-0.2, -0.15) is 0 Å². The molecule has 2 N–H and O–H groups in total. The molecule has 7 nitrogen and oxygen atoms in total. The van der Waals surface area contributed by atoms with Crippen molar-refractivity contribution in [2.45, 2.75) is 0 Å². The first kappa shape index (κ1) is 38.9. The third-order valence-corrected chi connectivity index (χ3v) is 11.6. The number of benzene rings is 9. The second-order valence-corrected chi connectivity index (χ2v) is 15.7. The van der Waals surface area contributed by atoms with Crippen LogP contribution in [0.25, 0.3) is 90.0 Å². The number of imidazole rings is 2. The first-order valence-corrected chi connectivity index (χ1v) is 21.4. The summed E-state index contributed by atoms with van der Waals surface area (Å²) in [5.74, 6) is 2.82. The van der Waals surface area contributed by atoms with Crippen LogP contribution in [0.3, 0.4) is 0 Å². The Morgan fingerprint density at radius 1 is 0.338 bits per heavy atom. The van der Waals surface area contributed by atoms with Gasteiger partial charge in [-0.15, -0.1) is 0 Å². The van der Waals surface area contributed by atoms with Gasteiger partial charge in [0, 0.05) is 33.6 Å². The second kappa shape index (κ2) is 16.7. The molecule has 0 aliphatic rings. The van der Waals surface area contributed by atoms with E-state index in [-0.39, 0.29) is 11.5 Å². The maximum atomic E-state index is 11.6. The Morgan fingerprint density at radius 3 is 1.18 bits per heavy atom. The van der Waals surface area contributed by atoms with E-state index in [2.05, 4.69) is 57.7 Å². The van der Waals surface area contributed by atoms with Crippen LogP contribution in [-0.2, 0) is 0 Å². The van der Waals surface area contributed by atoms with Gasteiger partial charge in [-0.05, 0) is 83.6 Å². The summed E-state index contributed by atoms with van der Waals surface area (Å²) in [7, 11) is 0. The number of hydrogen-bond acceptors (Lipinski definition) is 5. The average molecular weight is 841 g/mol. The number of phenols is 2. The van der Waals surface area contributed by atoms with Crippen molar-refractivity contribution in [1.29, 1.82) is 0 Å². The Bertz CT molecular complexity index is 3440. The van der Waals surface area contributed by atoms with Gasteiger partial charge in [0.25, 0.3) is 0 Å². The Hall–Kier alpha value is -8.94. The van der Waals surface area contributed by atoms with E-state index in [9.17, 15) is 10.2 Å². The molecule has 0 unspecified atom stereocenters. The van der Waals surface area contributed by atoms with Crippen LogP contribution in [0, 0.1) is 0 Å². The molecule has 11 aromatic rings. The smallest absolute Gasteiger partial charge is 0.149 e.